The van der Waals surface area contributed by atoms with E-state index in [-0.39, 0.29) is 0 Å². The number of nitrogens with one attached hydrogen (secondary N) is 2. The summed E-state index contributed by atoms with van der Waals surface area (Å²) in [6.45, 7) is 1.74. The van der Waals surface area contributed by atoms with Crippen molar-refractivity contribution in [3.8, 4) is 0 Å². The van der Waals surface area contributed by atoms with Crippen molar-refractivity contribution in [3.63, 3.8) is 0 Å². The molecule has 0 unspecified atom stereocenters. The summed E-state index contributed by atoms with van der Waals surface area (Å²) < 4.78 is 0.892. The molecule has 3 nitrogen and oxygen atoms in total. The van der Waals surface area contributed by atoms with E-state index in [1.807, 2.05) is 6.07 Å². The molecule has 0 aliphatic heterocycles. The largest absolute Gasteiger partial charge is 0.373 e. The predicted molar refractivity (Wildman–Crippen MR) is 54.0 cm³/mol. The van der Waals surface area contributed by atoms with Crippen molar-refractivity contribution in [2.75, 3.05) is 12.4 Å². The Labute approximate surface area is 79.8 Å². The van der Waals surface area contributed by atoms with Gasteiger partial charge in [0.15, 0.2) is 0 Å². The minimum atomic E-state index is 0.508. The fraction of sp³-hybridized carbons (Fsp3) is 0.250. The molecule has 1 heterocycles. The van der Waals surface area contributed by atoms with Crippen molar-refractivity contribution in [1.82, 2.24) is 4.98 Å². The molecule has 0 aliphatic rings. The van der Waals surface area contributed by atoms with Gasteiger partial charge >= 0.3 is 0 Å². The minimum absolute atomic E-state index is 0.508. The molecule has 0 aliphatic carbocycles. The Morgan fingerprint density at radius 2 is 2.33 bits per heavy atom. The van der Waals surface area contributed by atoms with Crippen LogP contribution in [0.4, 0.5) is 5.82 Å². The predicted octanol–water partition coefficient (Wildman–Crippen LogP) is 2.27. The first-order valence-corrected chi connectivity index (χ1v) is 4.33. The molecule has 64 valence electrons. The summed E-state index contributed by atoms with van der Waals surface area (Å²) in [7, 11) is 1.79. The van der Waals surface area contributed by atoms with E-state index in [9.17, 15) is 0 Å². The molecule has 1 aromatic rings. The van der Waals surface area contributed by atoms with Crippen LogP contribution in [-0.2, 0) is 0 Å². The smallest absolute Gasteiger partial charge is 0.134 e. The van der Waals surface area contributed by atoms with E-state index in [4.69, 9.17) is 5.41 Å². The summed E-state index contributed by atoms with van der Waals surface area (Å²) in [6, 6.07) is 1.88. The highest BCUT2D eigenvalue weighted by Gasteiger charge is 2.04. The lowest BCUT2D eigenvalue weighted by Gasteiger charge is -2.06. The normalized spacial score (nSPS) is 9.58. The van der Waals surface area contributed by atoms with Gasteiger partial charge < -0.3 is 10.7 Å². The quantitative estimate of drug-likeness (QED) is 0.763. The van der Waals surface area contributed by atoms with Gasteiger partial charge in [0.2, 0.25) is 0 Å². The van der Waals surface area contributed by atoms with Crippen LogP contribution in [0.5, 0.6) is 0 Å². The maximum atomic E-state index is 7.48. The molecule has 0 fully saturated rings. The van der Waals surface area contributed by atoms with Crippen LogP contribution in [0.3, 0.4) is 0 Å². The van der Waals surface area contributed by atoms with Crippen molar-refractivity contribution in [2.24, 2.45) is 0 Å². The molecule has 0 spiro atoms. The molecular formula is C8H10BrN3. The topological polar surface area (TPSA) is 48.8 Å². The second-order valence-electron chi connectivity index (χ2n) is 2.42. The first-order chi connectivity index (χ1) is 5.65. The van der Waals surface area contributed by atoms with Gasteiger partial charge in [0.1, 0.15) is 5.82 Å². The third-order valence-corrected chi connectivity index (χ3v) is 1.93. The van der Waals surface area contributed by atoms with Crippen molar-refractivity contribution in [1.29, 1.82) is 5.41 Å². The minimum Gasteiger partial charge on any atom is -0.373 e. The molecule has 0 aromatic carbocycles. The van der Waals surface area contributed by atoms with Gasteiger partial charge in [0.25, 0.3) is 0 Å². The summed E-state index contributed by atoms with van der Waals surface area (Å²) in [5.41, 5.74) is 1.33. The van der Waals surface area contributed by atoms with E-state index in [0.717, 1.165) is 15.9 Å². The van der Waals surface area contributed by atoms with Crippen LogP contribution in [0.1, 0.15) is 12.5 Å². The molecule has 1 rings (SSSR count). The van der Waals surface area contributed by atoms with Gasteiger partial charge in [-0.05, 0) is 28.9 Å². The fourth-order valence-corrected chi connectivity index (χ4v) is 1.26. The van der Waals surface area contributed by atoms with Crippen molar-refractivity contribution in [3.05, 3.63) is 22.3 Å². The van der Waals surface area contributed by atoms with Gasteiger partial charge in [-0.3, -0.25) is 0 Å². The molecule has 12 heavy (non-hydrogen) atoms. The number of nitrogens with zero attached hydrogens (tertiary/aromatic N) is 1. The van der Waals surface area contributed by atoms with Crippen LogP contribution in [0.25, 0.3) is 0 Å². The van der Waals surface area contributed by atoms with E-state index < -0.39 is 0 Å². The van der Waals surface area contributed by atoms with Crippen molar-refractivity contribution in [2.45, 2.75) is 6.92 Å². The van der Waals surface area contributed by atoms with E-state index in [1.165, 1.54) is 0 Å². The Kier molecular flexibility index (Phi) is 2.81. The fourth-order valence-electron chi connectivity index (χ4n) is 0.924. The van der Waals surface area contributed by atoms with Crippen LogP contribution in [0.15, 0.2) is 16.7 Å². The number of rotatable bonds is 2. The summed E-state index contributed by atoms with van der Waals surface area (Å²) in [5, 5.41) is 10.4. The Morgan fingerprint density at radius 1 is 1.67 bits per heavy atom. The molecule has 0 amide bonds. The second-order valence-corrected chi connectivity index (χ2v) is 3.34. The molecular weight excluding hydrogens is 218 g/mol. The monoisotopic (exact) mass is 227 g/mol. The highest BCUT2D eigenvalue weighted by atomic mass is 79.9. The summed E-state index contributed by atoms with van der Waals surface area (Å²) >= 11 is 3.31. The second kappa shape index (κ2) is 3.67. The Bertz CT molecular complexity index is 309. The molecule has 0 saturated carbocycles. The number of halogens is 1. The molecule has 0 radical (unpaired) electrons. The molecule has 0 bridgehead atoms. The first-order valence-electron chi connectivity index (χ1n) is 3.54. The zero-order valence-electron chi connectivity index (χ0n) is 6.98. The standard InChI is InChI=1S/C8H10BrN3/c1-5(10)7-3-6(9)4-12-8(7)11-2/h3-4,10H,1-2H3,(H,11,12). The van der Waals surface area contributed by atoms with Gasteiger partial charge in [-0.15, -0.1) is 0 Å². The van der Waals surface area contributed by atoms with E-state index in [0.29, 0.717) is 5.71 Å². The zero-order valence-corrected chi connectivity index (χ0v) is 8.57. The SMILES string of the molecule is CNc1ncc(Br)cc1C(C)=N. The molecule has 2 N–H and O–H groups in total. The van der Waals surface area contributed by atoms with Crippen molar-refractivity contribution >= 4 is 27.5 Å². The van der Waals surface area contributed by atoms with Crippen LogP contribution < -0.4 is 5.32 Å². The van der Waals surface area contributed by atoms with Crippen LogP contribution >= 0.6 is 15.9 Å². The molecule has 0 atom stereocenters. The van der Waals surface area contributed by atoms with E-state index in [2.05, 4.69) is 26.2 Å². The van der Waals surface area contributed by atoms with Gasteiger partial charge in [-0.1, -0.05) is 0 Å². The number of hydrogen-bond donors (Lipinski definition) is 2. The van der Waals surface area contributed by atoms with Gasteiger partial charge in [-0.2, -0.15) is 0 Å². The molecule has 0 saturated heterocycles. The maximum Gasteiger partial charge on any atom is 0.134 e. The lowest BCUT2D eigenvalue weighted by atomic mass is 10.2. The third kappa shape index (κ3) is 1.82. The first kappa shape index (κ1) is 9.19. The maximum absolute atomic E-state index is 7.48. The van der Waals surface area contributed by atoms with Crippen molar-refractivity contribution < 1.29 is 0 Å². The number of pyridine rings is 1. The van der Waals surface area contributed by atoms with Crippen LogP contribution in [0, 0.1) is 5.41 Å². The summed E-state index contributed by atoms with van der Waals surface area (Å²) in [5.74, 6) is 0.741. The average Bonchev–Trinajstić information content (AvgIpc) is 2.04. The van der Waals surface area contributed by atoms with Gasteiger partial charge in [-0.25, -0.2) is 4.98 Å². The number of anilines is 1. The molecule has 1 aromatic heterocycles. The Balaban J connectivity index is 3.21. The number of aromatic nitrogens is 1. The Morgan fingerprint density at radius 3 is 2.83 bits per heavy atom. The Hall–Kier alpha value is -0.900. The average molecular weight is 228 g/mol. The number of hydrogen-bond acceptors (Lipinski definition) is 3. The highest BCUT2D eigenvalue weighted by Crippen LogP contribution is 2.17. The van der Waals surface area contributed by atoms with Gasteiger partial charge in [0.05, 0.1) is 0 Å². The molecule has 4 heteroatoms. The lowest BCUT2D eigenvalue weighted by molar-refractivity contribution is 1.25. The third-order valence-electron chi connectivity index (χ3n) is 1.50. The van der Waals surface area contributed by atoms with Gasteiger partial charge in [0, 0.05) is 29.0 Å². The summed E-state index contributed by atoms with van der Waals surface area (Å²) in [6.07, 6.45) is 1.71. The van der Waals surface area contributed by atoms with E-state index in [1.54, 1.807) is 20.2 Å². The highest BCUT2D eigenvalue weighted by molar-refractivity contribution is 9.10. The summed E-state index contributed by atoms with van der Waals surface area (Å²) in [4.78, 5) is 4.12. The van der Waals surface area contributed by atoms with Crippen LogP contribution in [0.2, 0.25) is 0 Å². The van der Waals surface area contributed by atoms with E-state index >= 15 is 0 Å². The zero-order chi connectivity index (χ0) is 9.14. The van der Waals surface area contributed by atoms with Crippen LogP contribution in [-0.4, -0.2) is 17.7 Å². The lowest BCUT2D eigenvalue weighted by Crippen LogP contribution is -2.02.